The molecule has 0 saturated carbocycles. The zero-order valence-electron chi connectivity index (χ0n) is 19.3. The van der Waals surface area contributed by atoms with Crippen LogP contribution in [0.4, 0.5) is 5.69 Å². The molecule has 0 bridgehead atoms. The quantitative estimate of drug-likeness (QED) is 0.644. The summed E-state index contributed by atoms with van der Waals surface area (Å²) < 4.78 is 37.1. The average molecular weight is 461 g/mol. The zero-order valence-corrected chi connectivity index (χ0v) is 20.2. The summed E-state index contributed by atoms with van der Waals surface area (Å²) in [6.45, 7) is 6.25. The Morgan fingerprint density at radius 1 is 1.22 bits per heavy atom. The number of fused-ring (bicyclic) bond motifs is 1. The lowest BCUT2D eigenvalue weighted by atomic mass is 9.89. The van der Waals surface area contributed by atoms with Crippen molar-refractivity contribution in [2.75, 3.05) is 24.2 Å². The van der Waals surface area contributed by atoms with Crippen LogP contribution in [-0.2, 0) is 14.8 Å². The molecule has 1 N–H and O–H groups in total. The first-order valence-corrected chi connectivity index (χ1v) is 12.5. The number of rotatable bonds is 8. The molecule has 1 atom stereocenters. The van der Waals surface area contributed by atoms with Crippen LogP contribution in [0.25, 0.3) is 0 Å². The van der Waals surface area contributed by atoms with E-state index in [0.717, 1.165) is 16.9 Å². The Balaban J connectivity index is 1.63. The van der Waals surface area contributed by atoms with Gasteiger partial charge >= 0.3 is 0 Å². The Morgan fingerprint density at radius 2 is 1.91 bits per heavy atom. The number of amides is 1. The maximum absolute atomic E-state index is 12.7. The Kier molecular flexibility index (Phi) is 7.03. The van der Waals surface area contributed by atoms with Crippen molar-refractivity contribution in [1.82, 2.24) is 5.32 Å². The number of nitrogens with zero attached hydrogens (tertiary/aromatic N) is 1. The molecule has 0 saturated heterocycles. The highest BCUT2D eigenvalue weighted by Gasteiger charge is 2.34. The summed E-state index contributed by atoms with van der Waals surface area (Å²) in [6.07, 6.45) is 2.45. The van der Waals surface area contributed by atoms with Gasteiger partial charge in [-0.25, -0.2) is 8.42 Å². The number of sulfonamides is 1. The molecule has 1 amide bonds. The van der Waals surface area contributed by atoms with Gasteiger partial charge in [0.1, 0.15) is 17.1 Å². The number of hydrogen-bond acceptors (Lipinski definition) is 5. The minimum atomic E-state index is -3.48. The second kappa shape index (κ2) is 9.40. The average Bonchev–Trinajstić information content (AvgIpc) is 2.69. The van der Waals surface area contributed by atoms with Gasteiger partial charge in [0.25, 0.3) is 0 Å². The third kappa shape index (κ3) is 5.94. The van der Waals surface area contributed by atoms with Gasteiger partial charge in [-0.1, -0.05) is 12.1 Å². The molecule has 1 aliphatic rings. The molecule has 3 rings (SSSR count). The van der Waals surface area contributed by atoms with Crippen LogP contribution in [0.5, 0.6) is 11.5 Å². The third-order valence-corrected chi connectivity index (χ3v) is 6.68. The van der Waals surface area contributed by atoms with Gasteiger partial charge in [0.15, 0.2) is 0 Å². The van der Waals surface area contributed by atoms with Gasteiger partial charge in [-0.2, -0.15) is 0 Å². The number of carbonyl (C=O) groups excluding carboxylic acids is 1. The zero-order chi connectivity index (χ0) is 23.5. The van der Waals surface area contributed by atoms with E-state index in [1.54, 1.807) is 31.4 Å². The Hall–Kier alpha value is -2.74. The monoisotopic (exact) mass is 460 g/mol. The fourth-order valence-electron chi connectivity index (χ4n) is 3.97. The first kappa shape index (κ1) is 23.9. The molecular weight excluding hydrogens is 428 g/mol. The topological polar surface area (TPSA) is 84.9 Å². The van der Waals surface area contributed by atoms with Crippen LogP contribution in [0, 0.1) is 6.92 Å². The van der Waals surface area contributed by atoms with E-state index in [0.29, 0.717) is 24.3 Å². The molecule has 2 aromatic rings. The summed E-state index contributed by atoms with van der Waals surface area (Å²) in [5, 5.41) is 3.11. The minimum Gasteiger partial charge on any atom is -0.497 e. The lowest BCUT2D eigenvalue weighted by Gasteiger charge is -2.38. The first-order valence-electron chi connectivity index (χ1n) is 10.7. The summed E-state index contributed by atoms with van der Waals surface area (Å²) in [4.78, 5) is 12.7. The summed E-state index contributed by atoms with van der Waals surface area (Å²) >= 11 is 0. The predicted molar refractivity (Wildman–Crippen MR) is 126 cm³/mol. The van der Waals surface area contributed by atoms with Crippen LogP contribution in [-0.4, -0.2) is 39.8 Å². The van der Waals surface area contributed by atoms with Gasteiger partial charge in [0, 0.05) is 24.9 Å². The number of ether oxygens (including phenoxy) is 2. The summed E-state index contributed by atoms with van der Waals surface area (Å²) in [7, 11) is -1.92. The van der Waals surface area contributed by atoms with Crippen LogP contribution in [0.3, 0.4) is 0 Å². The second-order valence-corrected chi connectivity index (χ2v) is 10.8. The van der Waals surface area contributed by atoms with E-state index in [1.165, 1.54) is 10.6 Å². The molecule has 1 aliphatic heterocycles. The highest BCUT2D eigenvalue weighted by atomic mass is 32.2. The molecule has 174 valence electrons. The van der Waals surface area contributed by atoms with E-state index < -0.39 is 10.0 Å². The maximum Gasteiger partial charge on any atom is 0.232 e. The van der Waals surface area contributed by atoms with Crippen LogP contribution in [0.2, 0.25) is 0 Å². The molecule has 1 heterocycles. The molecule has 2 aromatic carbocycles. The molecule has 7 nitrogen and oxygen atoms in total. The van der Waals surface area contributed by atoms with Crippen molar-refractivity contribution in [3.63, 3.8) is 0 Å². The van der Waals surface area contributed by atoms with E-state index >= 15 is 0 Å². The Labute approximate surface area is 190 Å². The van der Waals surface area contributed by atoms with Crippen LogP contribution in [0.15, 0.2) is 42.5 Å². The molecule has 8 heteroatoms. The van der Waals surface area contributed by atoms with Gasteiger partial charge in [0.2, 0.25) is 15.9 Å². The molecular formula is C24H32N2O5S. The number of carbonyl (C=O) groups is 1. The Bertz CT molecular complexity index is 1060. The summed E-state index contributed by atoms with van der Waals surface area (Å²) in [5.41, 5.74) is 2.23. The molecule has 0 unspecified atom stereocenters. The second-order valence-electron chi connectivity index (χ2n) is 8.86. The van der Waals surface area contributed by atoms with Crippen LogP contribution < -0.4 is 19.1 Å². The van der Waals surface area contributed by atoms with E-state index in [4.69, 9.17) is 9.47 Å². The number of nitrogens with one attached hydrogen (secondary N) is 1. The molecule has 0 fully saturated rings. The van der Waals surface area contributed by atoms with Crippen LogP contribution in [0.1, 0.15) is 50.3 Å². The molecule has 0 aliphatic carbocycles. The number of benzene rings is 2. The Morgan fingerprint density at radius 3 is 2.53 bits per heavy atom. The van der Waals surface area contributed by atoms with Gasteiger partial charge in [-0.15, -0.1) is 0 Å². The number of aryl methyl sites for hydroxylation is 1. The van der Waals surface area contributed by atoms with E-state index in [2.05, 4.69) is 5.32 Å². The van der Waals surface area contributed by atoms with Gasteiger partial charge in [0.05, 0.1) is 25.1 Å². The fraction of sp³-hybridized carbons (Fsp3) is 0.458. The molecule has 0 radical (unpaired) electrons. The molecule has 0 spiro atoms. The van der Waals surface area contributed by atoms with Gasteiger partial charge < -0.3 is 14.8 Å². The molecule has 0 aromatic heterocycles. The van der Waals surface area contributed by atoms with Gasteiger partial charge in [-0.05, 0) is 63.1 Å². The van der Waals surface area contributed by atoms with Crippen molar-refractivity contribution in [3.8, 4) is 11.5 Å². The van der Waals surface area contributed by atoms with E-state index in [-0.39, 0.29) is 30.5 Å². The van der Waals surface area contributed by atoms with Crippen molar-refractivity contribution >= 4 is 21.6 Å². The third-order valence-electron chi connectivity index (χ3n) is 5.49. The minimum absolute atomic E-state index is 0.109. The largest absolute Gasteiger partial charge is 0.497 e. The van der Waals surface area contributed by atoms with Crippen molar-refractivity contribution in [1.29, 1.82) is 0 Å². The van der Waals surface area contributed by atoms with E-state index in [1.807, 2.05) is 39.0 Å². The molecule has 32 heavy (non-hydrogen) atoms. The van der Waals surface area contributed by atoms with Crippen molar-refractivity contribution < 1.29 is 22.7 Å². The summed E-state index contributed by atoms with van der Waals surface area (Å²) in [5.74, 6) is 1.34. The van der Waals surface area contributed by atoms with E-state index in [9.17, 15) is 13.2 Å². The number of hydrogen-bond donors (Lipinski definition) is 1. The number of methoxy groups -OCH3 is 1. The highest BCUT2D eigenvalue weighted by molar-refractivity contribution is 7.92. The SMILES string of the molecule is COc1ccc(N(CCCC(=O)N[C@H]2CC(C)(C)Oc3cc(C)ccc32)S(C)(=O)=O)cc1. The smallest absolute Gasteiger partial charge is 0.232 e. The predicted octanol–water partition coefficient (Wildman–Crippen LogP) is 3.97. The maximum atomic E-state index is 12.7. The van der Waals surface area contributed by atoms with Gasteiger partial charge in [-0.3, -0.25) is 9.10 Å². The lowest BCUT2D eigenvalue weighted by molar-refractivity contribution is -0.122. The van der Waals surface area contributed by atoms with Crippen LogP contribution >= 0.6 is 0 Å². The summed E-state index contributed by atoms with van der Waals surface area (Å²) in [6, 6.07) is 12.7. The normalized spacial score (nSPS) is 17.1. The van der Waals surface area contributed by atoms with Crippen molar-refractivity contribution in [2.45, 2.75) is 51.7 Å². The fourth-order valence-corrected chi connectivity index (χ4v) is 4.94. The van der Waals surface area contributed by atoms with Crippen molar-refractivity contribution in [2.24, 2.45) is 0 Å². The van der Waals surface area contributed by atoms with Crippen molar-refractivity contribution in [3.05, 3.63) is 53.6 Å². The highest BCUT2D eigenvalue weighted by Crippen LogP contribution is 2.40. The lowest BCUT2D eigenvalue weighted by Crippen LogP contribution is -2.41. The first-order chi connectivity index (χ1) is 15.0. The standard InChI is InChI=1S/C24H32N2O5S/c1-17-8-13-20-21(16-24(2,3)31-22(20)15-17)25-23(27)7-6-14-26(32(5,28)29)18-9-11-19(30-4)12-10-18/h8-13,15,21H,6-7,14,16H2,1-5H3,(H,25,27)/t21-/m0/s1. The number of anilines is 1.